The maximum Gasteiger partial charge on any atom is 0.251 e. The zero-order valence-electron chi connectivity index (χ0n) is 19.2. The first-order chi connectivity index (χ1) is 16.3. The Bertz CT molecular complexity index is 1020. The van der Waals surface area contributed by atoms with Gasteiger partial charge in [0.05, 0.1) is 5.38 Å². The van der Waals surface area contributed by atoms with E-state index < -0.39 is 23.6 Å². The molecule has 2 saturated heterocycles. The molecule has 1 saturated carbocycles. The average molecular weight is 488 g/mol. The van der Waals surface area contributed by atoms with Gasteiger partial charge in [0.1, 0.15) is 24.8 Å². The highest BCUT2D eigenvalue weighted by molar-refractivity contribution is 6.22. The van der Waals surface area contributed by atoms with Crippen LogP contribution in [0.25, 0.3) is 0 Å². The molecule has 3 aliphatic heterocycles. The van der Waals surface area contributed by atoms with E-state index in [2.05, 4.69) is 17.6 Å². The van der Waals surface area contributed by atoms with E-state index in [1.165, 1.54) is 4.90 Å². The molecule has 9 heteroatoms. The van der Waals surface area contributed by atoms with Gasteiger partial charge in [-0.15, -0.1) is 11.6 Å². The van der Waals surface area contributed by atoms with Crippen molar-refractivity contribution in [2.45, 2.75) is 69.0 Å². The Balaban J connectivity index is 1.38. The number of amides is 3. The summed E-state index contributed by atoms with van der Waals surface area (Å²) in [5, 5.41) is 5.38. The van der Waals surface area contributed by atoms with Gasteiger partial charge in [0, 0.05) is 24.2 Å². The fraction of sp³-hybridized carbons (Fsp3) is 0.600. The van der Waals surface area contributed by atoms with Gasteiger partial charge in [-0.3, -0.25) is 19.2 Å². The van der Waals surface area contributed by atoms with Crippen molar-refractivity contribution in [2.24, 2.45) is 11.8 Å². The molecule has 3 fully saturated rings. The van der Waals surface area contributed by atoms with Crippen molar-refractivity contribution in [3.05, 3.63) is 29.3 Å². The van der Waals surface area contributed by atoms with Crippen molar-refractivity contribution in [3.8, 4) is 0 Å². The fourth-order valence-corrected chi connectivity index (χ4v) is 6.11. The van der Waals surface area contributed by atoms with Crippen LogP contribution >= 0.6 is 11.6 Å². The quantitative estimate of drug-likeness (QED) is 0.634. The van der Waals surface area contributed by atoms with Gasteiger partial charge in [-0.1, -0.05) is 19.8 Å². The summed E-state index contributed by atoms with van der Waals surface area (Å²) in [4.78, 5) is 52.7. The van der Waals surface area contributed by atoms with Crippen molar-refractivity contribution in [1.82, 2.24) is 10.2 Å². The molecule has 0 bridgehead atoms. The normalized spacial score (nSPS) is 31.5. The van der Waals surface area contributed by atoms with E-state index >= 15 is 0 Å². The van der Waals surface area contributed by atoms with Crippen molar-refractivity contribution < 1.29 is 23.9 Å². The monoisotopic (exact) mass is 487 g/mol. The first kappa shape index (κ1) is 23.3. The van der Waals surface area contributed by atoms with Crippen molar-refractivity contribution in [1.29, 1.82) is 0 Å². The Morgan fingerprint density at radius 2 is 1.94 bits per heavy atom. The lowest BCUT2D eigenvalue weighted by molar-refractivity contribution is -0.139. The number of ether oxygens (including phenoxy) is 1. The van der Waals surface area contributed by atoms with Crippen LogP contribution < -0.4 is 10.6 Å². The molecule has 3 heterocycles. The molecule has 8 nitrogen and oxygen atoms in total. The lowest BCUT2D eigenvalue weighted by Gasteiger charge is -2.35. The Morgan fingerprint density at radius 1 is 1.18 bits per heavy atom. The Labute approximate surface area is 203 Å². The summed E-state index contributed by atoms with van der Waals surface area (Å²) in [5.74, 6) is -0.171. The summed E-state index contributed by atoms with van der Waals surface area (Å²) >= 11 is 6.42. The molecule has 5 rings (SSSR count). The summed E-state index contributed by atoms with van der Waals surface area (Å²) in [6, 6.07) is 3.78. The second-order valence-corrected chi connectivity index (χ2v) is 10.6. The smallest absolute Gasteiger partial charge is 0.251 e. The van der Waals surface area contributed by atoms with E-state index in [0.29, 0.717) is 24.3 Å². The zero-order valence-corrected chi connectivity index (χ0v) is 20.0. The topological polar surface area (TPSA) is 105 Å². The predicted molar refractivity (Wildman–Crippen MR) is 126 cm³/mol. The van der Waals surface area contributed by atoms with Crippen LogP contribution in [0.4, 0.5) is 5.69 Å². The van der Waals surface area contributed by atoms with E-state index in [1.54, 1.807) is 18.2 Å². The lowest BCUT2D eigenvalue weighted by Crippen LogP contribution is -2.55. The van der Waals surface area contributed by atoms with E-state index in [-0.39, 0.29) is 42.6 Å². The third-order valence-electron chi connectivity index (χ3n) is 7.75. The highest BCUT2D eigenvalue weighted by Gasteiger charge is 2.53. The Kier molecular flexibility index (Phi) is 6.37. The van der Waals surface area contributed by atoms with E-state index in [0.717, 1.165) is 36.9 Å². The number of alkyl halides is 1. The number of nitrogens with one attached hydrogen (secondary N) is 2. The van der Waals surface area contributed by atoms with Gasteiger partial charge in [-0.2, -0.15) is 0 Å². The minimum Gasteiger partial charge on any atom is -0.366 e. The van der Waals surface area contributed by atoms with Crippen molar-refractivity contribution in [3.63, 3.8) is 0 Å². The maximum absolute atomic E-state index is 13.8. The molecule has 2 N–H and O–H groups in total. The summed E-state index contributed by atoms with van der Waals surface area (Å²) in [6.45, 7) is 2.40. The van der Waals surface area contributed by atoms with Crippen LogP contribution in [0.1, 0.15) is 54.9 Å². The summed E-state index contributed by atoms with van der Waals surface area (Å²) < 4.78 is 5.54. The minimum atomic E-state index is -0.730. The molecule has 4 atom stereocenters. The first-order valence-corrected chi connectivity index (χ1v) is 12.6. The number of ketones is 1. The number of likely N-dealkylation sites (tertiary alicyclic amines) is 1. The number of anilines is 1. The van der Waals surface area contributed by atoms with Crippen LogP contribution in [0.2, 0.25) is 0 Å². The molecule has 1 unspecified atom stereocenters. The third kappa shape index (κ3) is 4.33. The molecule has 0 aromatic heterocycles. The number of aryl methyl sites for hydroxylation is 1. The van der Waals surface area contributed by atoms with E-state index in [1.807, 2.05) is 0 Å². The molecular weight excluding hydrogens is 458 g/mol. The molecule has 34 heavy (non-hydrogen) atoms. The predicted octanol–water partition coefficient (Wildman–Crippen LogP) is 2.28. The molecule has 1 aromatic carbocycles. The van der Waals surface area contributed by atoms with Crippen LogP contribution in [0.15, 0.2) is 18.2 Å². The van der Waals surface area contributed by atoms with Crippen LogP contribution in [0.5, 0.6) is 0 Å². The number of carbonyl (C=O) groups excluding carboxylic acids is 4. The SMILES string of the molecule is CC1CCC(C(NC(=O)c2ccc3c(c2)CCC(=O)N3)C(=O)N2C[C@H](Cl)[C@H]3OCC(=O)[C@H]32)CC1. The van der Waals surface area contributed by atoms with Crippen molar-refractivity contribution >= 4 is 40.8 Å². The maximum atomic E-state index is 13.8. The van der Waals surface area contributed by atoms with Gasteiger partial charge in [-0.05, 0) is 54.9 Å². The number of rotatable bonds is 4. The molecule has 1 aromatic rings. The molecule has 1 aliphatic carbocycles. The van der Waals surface area contributed by atoms with Crippen LogP contribution in [0.3, 0.4) is 0 Å². The highest BCUT2D eigenvalue weighted by atomic mass is 35.5. The highest BCUT2D eigenvalue weighted by Crippen LogP contribution is 2.35. The second kappa shape index (κ2) is 9.30. The minimum absolute atomic E-state index is 0.00480. The number of carbonyl (C=O) groups is 4. The standard InChI is InChI=1S/C25H30ClN3O5/c1-13-2-4-14(5-3-13)21(25(33)29-11-17(26)23-22(29)19(30)12-34-23)28-24(32)16-6-8-18-15(10-16)7-9-20(31)27-18/h6,8,10,13-14,17,21-23H,2-5,7,9,11-12H2,1H3,(H,27,31)(H,28,32)/t13?,14?,17-,21?,22+,23+/m0/s1. The van der Waals surface area contributed by atoms with E-state index in [4.69, 9.17) is 16.3 Å². The van der Waals surface area contributed by atoms with Gasteiger partial charge >= 0.3 is 0 Å². The Morgan fingerprint density at radius 3 is 2.71 bits per heavy atom. The van der Waals surface area contributed by atoms with Crippen molar-refractivity contribution in [2.75, 3.05) is 18.5 Å². The third-order valence-corrected chi connectivity index (χ3v) is 8.14. The van der Waals surface area contributed by atoms with Gasteiger partial charge in [0.2, 0.25) is 11.8 Å². The molecule has 3 amide bonds. The van der Waals surface area contributed by atoms with Crippen LogP contribution in [0, 0.1) is 11.8 Å². The summed E-state index contributed by atoms with van der Waals surface area (Å²) in [7, 11) is 0. The number of fused-ring (bicyclic) bond motifs is 2. The second-order valence-electron chi connectivity index (χ2n) is 10.1. The van der Waals surface area contributed by atoms with E-state index in [9.17, 15) is 19.2 Å². The number of nitrogens with zero attached hydrogens (tertiary/aromatic N) is 1. The van der Waals surface area contributed by atoms with Crippen LogP contribution in [-0.4, -0.2) is 65.1 Å². The average Bonchev–Trinajstić information content (AvgIpc) is 3.37. The number of hydrogen-bond acceptors (Lipinski definition) is 5. The van der Waals surface area contributed by atoms with Gasteiger partial charge < -0.3 is 20.3 Å². The molecular formula is C25H30ClN3O5. The lowest BCUT2D eigenvalue weighted by atomic mass is 9.78. The van der Waals surface area contributed by atoms with Crippen LogP contribution in [-0.2, 0) is 25.5 Å². The first-order valence-electron chi connectivity index (χ1n) is 12.1. The number of halogens is 1. The molecule has 182 valence electrons. The number of Topliss-reactive ketones (excluding diaryl/α,β-unsaturated/α-hetero) is 1. The summed E-state index contributed by atoms with van der Waals surface area (Å²) in [6.07, 6.45) is 4.13. The molecule has 4 aliphatic rings. The summed E-state index contributed by atoms with van der Waals surface area (Å²) in [5.41, 5.74) is 2.08. The largest absolute Gasteiger partial charge is 0.366 e. The van der Waals surface area contributed by atoms with Gasteiger partial charge in [-0.25, -0.2) is 0 Å². The van der Waals surface area contributed by atoms with Gasteiger partial charge in [0.25, 0.3) is 5.91 Å². The van der Waals surface area contributed by atoms with Gasteiger partial charge in [0.15, 0.2) is 5.78 Å². The fourth-order valence-electron chi connectivity index (χ4n) is 5.75. The molecule has 0 radical (unpaired) electrons. The number of benzene rings is 1. The number of hydrogen-bond donors (Lipinski definition) is 2. The molecule has 0 spiro atoms. The zero-order chi connectivity index (χ0) is 24.0. The Hall–Kier alpha value is -2.45.